The van der Waals surface area contributed by atoms with Crippen LogP contribution in [0.4, 0.5) is 0 Å². The van der Waals surface area contributed by atoms with Gasteiger partial charge in [0.2, 0.25) is 0 Å². The van der Waals surface area contributed by atoms with Crippen molar-refractivity contribution < 1.29 is 4.74 Å². The van der Waals surface area contributed by atoms with Gasteiger partial charge in [-0.25, -0.2) is 0 Å². The van der Waals surface area contributed by atoms with Crippen LogP contribution in [0, 0.1) is 6.92 Å². The summed E-state index contributed by atoms with van der Waals surface area (Å²) in [7, 11) is 0. The van der Waals surface area contributed by atoms with Gasteiger partial charge in [0.25, 0.3) is 0 Å². The third-order valence-corrected chi connectivity index (χ3v) is 2.67. The van der Waals surface area contributed by atoms with E-state index in [0.29, 0.717) is 6.61 Å². The Balaban J connectivity index is 2.45. The Bertz CT molecular complexity index is 322. The lowest BCUT2D eigenvalue weighted by Gasteiger charge is -2.29. The molecule has 2 N–H and O–H groups in total. The van der Waals surface area contributed by atoms with Gasteiger partial charge < -0.3 is 10.5 Å². The van der Waals surface area contributed by atoms with Crippen molar-refractivity contribution in [1.82, 2.24) is 0 Å². The first-order valence-corrected chi connectivity index (χ1v) is 4.65. The maximum absolute atomic E-state index is 6.03. The van der Waals surface area contributed by atoms with Crippen molar-refractivity contribution >= 4 is 0 Å². The molecule has 0 spiro atoms. The summed E-state index contributed by atoms with van der Waals surface area (Å²) in [5, 5.41) is 0. The first-order chi connectivity index (χ1) is 6.18. The van der Waals surface area contributed by atoms with Crippen LogP contribution in [-0.2, 0) is 11.3 Å². The quantitative estimate of drug-likeness (QED) is 0.657. The van der Waals surface area contributed by atoms with E-state index < -0.39 is 0 Å². The average molecular weight is 177 g/mol. The Kier molecular flexibility index (Phi) is 2.10. The number of hydrogen-bond acceptors (Lipinski definition) is 2. The molecule has 1 heterocycles. The lowest BCUT2D eigenvalue weighted by molar-refractivity contribution is 0.0213. The molecule has 0 fully saturated rings. The van der Waals surface area contributed by atoms with E-state index in [2.05, 4.69) is 25.1 Å². The summed E-state index contributed by atoms with van der Waals surface area (Å²) in [5.74, 6) is 0. The van der Waals surface area contributed by atoms with Crippen LogP contribution >= 0.6 is 0 Å². The molecule has 0 radical (unpaired) electrons. The summed E-state index contributed by atoms with van der Waals surface area (Å²) in [4.78, 5) is 0. The molecule has 2 atom stereocenters. The lowest BCUT2D eigenvalue weighted by atomic mass is 9.94. The molecular weight excluding hydrogens is 162 g/mol. The van der Waals surface area contributed by atoms with E-state index in [-0.39, 0.29) is 12.1 Å². The number of rotatable bonds is 0. The smallest absolute Gasteiger partial charge is 0.0744 e. The summed E-state index contributed by atoms with van der Waals surface area (Å²) in [6, 6.07) is 6.41. The SMILES string of the molecule is Cc1ccc2c(c1)[C@@H](N)[C@@H](C)OC2. The molecule has 0 aliphatic carbocycles. The molecule has 1 aliphatic rings. The Morgan fingerprint density at radius 3 is 3.00 bits per heavy atom. The number of aryl methyl sites for hydroxylation is 1. The topological polar surface area (TPSA) is 35.2 Å². The summed E-state index contributed by atoms with van der Waals surface area (Å²) in [6.07, 6.45) is 0.134. The van der Waals surface area contributed by atoms with Gasteiger partial charge in [-0.05, 0) is 25.0 Å². The van der Waals surface area contributed by atoms with E-state index in [4.69, 9.17) is 10.5 Å². The molecule has 0 unspecified atom stereocenters. The van der Waals surface area contributed by atoms with Gasteiger partial charge in [-0.15, -0.1) is 0 Å². The van der Waals surface area contributed by atoms with Gasteiger partial charge in [-0.1, -0.05) is 23.8 Å². The van der Waals surface area contributed by atoms with Crippen LogP contribution in [0.25, 0.3) is 0 Å². The summed E-state index contributed by atoms with van der Waals surface area (Å²) in [6.45, 7) is 4.81. The van der Waals surface area contributed by atoms with Crippen LogP contribution in [0.2, 0.25) is 0 Å². The van der Waals surface area contributed by atoms with Gasteiger partial charge in [0.05, 0.1) is 18.8 Å². The zero-order valence-corrected chi connectivity index (χ0v) is 8.08. The molecule has 1 aromatic carbocycles. The minimum atomic E-state index is 0.0312. The first-order valence-electron chi connectivity index (χ1n) is 4.65. The first kappa shape index (κ1) is 8.73. The number of hydrogen-bond donors (Lipinski definition) is 1. The fourth-order valence-electron chi connectivity index (χ4n) is 1.73. The van der Waals surface area contributed by atoms with E-state index in [1.807, 2.05) is 6.92 Å². The minimum Gasteiger partial charge on any atom is -0.372 e. The Morgan fingerprint density at radius 2 is 2.23 bits per heavy atom. The second-order valence-corrected chi connectivity index (χ2v) is 3.74. The van der Waals surface area contributed by atoms with Crippen molar-refractivity contribution in [1.29, 1.82) is 0 Å². The fraction of sp³-hybridized carbons (Fsp3) is 0.455. The van der Waals surface area contributed by atoms with Crippen molar-refractivity contribution in [3.63, 3.8) is 0 Å². The van der Waals surface area contributed by atoms with Gasteiger partial charge >= 0.3 is 0 Å². The number of nitrogens with two attached hydrogens (primary N) is 1. The summed E-state index contributed by atoms with van der Waals surface area (Å²) >= 11 is 0. The fourth-order valence-corrected chi connectivity index (χ4v) is 1.73. The molecule has 2 heteroatoms. The predicted octanol–water partition coefficient (Wildman–Crippen LogP) is 1.91. The average Bonchev–Trinajstić information content (AvgIpc) is 2.12. The molecular formula is C11H15NO. The Morgan fingerprint density at radius 1 is 1.46 bits per heavy atom. The second kappa shape index (κ2) is 3.13. The van der Waals surface area contributed by atoms with Crippen LogP contribution in [0.1, 0.15) is 29.7 Å². The molecule has 0 bridgehead atoms. The molecule has 2 nitrogen and oxygen atoms in total. The number of benzene rings is 1. The third-order valence-electron chi connectivity index (χ3n) is 2.67. The monoisotopic (exact) mass is 177 g/mol. The van der Waals surface area contributed by atoms with E-state index in [1.54, 1.807) is 0 Å². The van der Waals surface area contributed by atoms with Gasteiger partial charge in [0.1, 0.15) is 0 Å². The molecule has 2 rings (SSSR count). The van der Waals surface area contributed by atoms with Gasteiger partial charge in [-0.3, -0.25) is 0 Å². The second-order valence-electron chi connectivity index (χ2n) is 3.74. The van der Waals surface area contributed by atoms with Gasteiger partial charge in [0.15, 0.2) is 0 Å². The van der Waals surface area contributed by atoms with Crippen LogP contribution in [0.5, 0.6) is 0 Å². The van der Waals surface area contributed by atoms with E-state index in [1.165, 1.54) is 16.7 Å². The van der Waals surface area contributed by atoms with Crippen molar-refractivity contribution in [2.24, 2.45) is 5.73 Å². The summed E-state index contributed by atoms with van der Waals surface area (Å²) in [5.41, 5.74) is 9.78. The largest absolute Gasteiger partial charge is 0.372 e. The molecule has 0 amide bonds. The Hall–Kier alpha value is -0.860. The minimum absolute atomic E-state index is 0.0312. The molecule has 1 aromatic rings. The highest BCUT2D eigenvalue weighted by Gasteiger charge is 2.23. The highest BCUT2D eigenvalue weighted by Crippen LogP contribution is 2.27. The molecule has 0 aromatic heterocycles. The zero-order chi connectivity index (χ0) is 9.42. The van der Waals surface area contributed by atoms with E-state index >= 15 is 0 Å². The normalized spacial score (nSPS) is 27.0. The Labute approximate surface area is 78.7 Å². The maximum atomic E-state index is 6.03. The number of ether oxygens (including phenoxy) is 1. The van der Waals surface area contributed by atoms with Crippen molar-refractivity contribution in [3.05, 3.63) is 34.9 Å². The van der Waals surface area contributed by atoms with E-state index in [0.717, 1.165) is 0 Å². The highest BCUT2D eigenvalue weighted by molar-refractivity contribution is 5.35. The van der Waals surface area contributed by atoms with E-state index in [9.17, 15) is 0 Å². The van der Waals surface area contributed by atoms with Gasteiger partial charge in [0, 0.05) is 0 Å². The molecule has 70 valence electrons. The van der Waals surface area contributed by atoms with Crippen LogP contribution < -0.4 is 5.73 Å². The lowest BCUT2D eigenvalue weighted by Crippen LogP contribution is -2.31. The van der Waals surface area contributed by atoms with Crippen molar-refractivity contribution in [2.75, 3.05) is 0 Å². The standard InChI is InChI=1S/C11H15NO/c1-7-3-4-9-6-13-8(2)11(12)10(9)5-7/h3-5,8,11H,6,12H2,1-2H3/t8-,11+/m1/s1. The maximum Gasteiger partial charge on any atom is 0.0744 e. The van der Waals surface area contributed by atoms with Crippen LogP contribution in [0.3, 0.4) is 0 Å². The molecule has 13 heavy (non-hydrogen) atoms. The van der Waals surface area contributed by atoms with Crippen LogP contribution in [0.15, 0.2) is 18.2 Å². The predicted molar refractivity (Wildman–Crippen MR) is 52.4 cm³/mol. The van der Waals surface area contributed by atoms with Crippen LogP contribution in [-0.4, -0.2) is 6.10 Å². The molecule has 0 saturated heterocycles. The van der Waals surface area contributed by atoms with Gasteiger partial charge in [-0.2, -0.15) is 0 Å². The van der Waals surface area contributed by atoms with Crippen molar-refractivity contribution in [2.45, 2.75) is 32.6 Å². The molecule has 0 saturated carbocycles. The highest BCUT2D eigenvalue weighted by atomic mass is 16.5. The molecule has 1 aliphatic heterocycles. The number of fused-ring (bicyclic) bond motifs is 1. The van der Waals surface area contributed by atoms with Crippen molar-refractivity contribution in [3.8, 4) is 0 Å². The zero-order valence-electron chi connectivity index (χ0n) is 8.08. The summed E-state index contributed by atoms with van der Waals surface area (Å²) < 4.78 is 5.53. The third kappa shape index (κ3) is 1.47.